The minimum Gasteiger partial charge on any atom is -0.477 e. The lowest BCUT2D eigenvalue weighted by molar-refractivity contribution is -0.128. The van der Waals surface area contributed by atoms with Crippen LogP contribution in [0.5, 0.6) is 5.75 Å². The van der Waals surface area contributed by atoms with Crippen LogP contribution in [-0.4, -0.2) is 55.4 Å². The van der Waals surface area contributed by atoms with Crippen LogP contribution >= 0.6 is 11.6 Å². The van der Waals surface area contributed by atoms with E-state index in [1.54, 1.807) is 47.2 Å². The molecule has 0 saturated carbocycles. The van der Waals surface area contributed by atoms with E-state index in [1.807, 2.05) is 18.2 Å². The van der Waals surface area contributed by atoms with Crippen molar-refractivity contribution in [3.8, 4) is 5.75 Å². The average molecular weight is 442 g/mol. The molecule has 4 rings (SSSR count). The van der Waals surface area contributed by atoms with E-state index in [2.05, 4.69) is 5.32 Å². The number of benzene rings is 2. The summed E-state index contributed by atoms with van der Waals surface area (Å²) in [6.45, 7) is 1.17. The Balaban J connectivity index is 1.45. The van der Waals surface area contributed by atoms with Gasteiger partial charge in [0.15, 0.2) is 6.10 Å². The van der Waals surface area contributed by atoms with Crippen LogP contribution in [0, 0.1) is 5.92 Å². The maximum atomic E-state index is 13.4. The monoisotopic (exact) mass is 441 g/mol. The molecule has 0 radical (unpaired) electrons. The van der Waals surface area contributed by atoms with Gasteiger partial charge in [-0.1, -0.05) is 23.7 Å². The van der Waals surface area contributed by atoms with Crippen LogP contribution in [0.25, 0.3) is 0 Å². The lowest BCUT2D eigenvalue weighted by Crippen LogP contribution is -2.52. The zero-order valence-electron chi connectivity index (χ0n) is 17.2. The Labute approximate surface area is 185 Å². The van der Waals surface area contributed by atoms with Crippen LogP contribution < -0.4 is 15.0 Å². The van der Waals surface area contributed by atoms with Crippen molar-refractivity contribution in [2.24, 2.45) is 5.92 Å². The molecule has 1 saturated heterocycles. The van der Waals surface area contributed by atoms with Gasteiger partial charge in [-0.2, -0.15) is 0 Å². The number of carbonyl (C=O) groups is 3. The van der Waals surface area contributed by atoms with Gasteiger partial charge >= 0.3 is 0 Å². The van der Waals surface area contributed by atoms with Gasteiger partial charge in [-0.15, -0.1) is 0 Å². The summed E-state index contributed by atoms with van der Waals surface area (Å²) in [6.07, 6.45) is 0.389. The van der Waals surface area contributed by atoms with Gasteiger partial charge in [0.25, 0.3) is 11.8 Å². The normalized spacial score (nSPS) is 18.7. The second-order valence-corrected chi connectivity index (χ2v) is 8.15. The first-order chi connectivity index (χ1) is 15.0. The quantitative estimate of drug-likeness (QED) is 0.794. The van der Waals surface area contributed by atoms with E-state index in [0.717, 1.165) is 0 Å². The van der Waals surface area contributed by atoms with Crippen LogP contribution in [0.2, 0.25) is 5.02 Å². The van der Waals surface area contributed by atoms with E-state index in [-0.39, 0.29) is 30.2 Å². The van der Waals surface area contributed by atoms with Gasteiger partial charge in [-0.25, -0.2) is 0 Å². The fourth-order valence-corrected chi connectivity index (χ4v) is 4.19. The number of para-hydroxylation sites is 2. The number of piperidine rings is 1. The molecule has 3 amide bonds. The third-order valence-corrected chi connectivity index (χ3v) is 6.05. The van der Waals surface area contributed by atoms with E-state index in [9.17, 15) is 14.4 Å². The van der Waals surface area contributed by atoms with Gasteiger partial charge in [0.1, 0.15) is 5.75 Å². The zero-order chi connectivity index (χ0) is 22.0. The molecule has 7 nitrogen and oxygen atoms in total. The van der Waals surface area contributed by atoms with E-state index >= 15 is 0 Å². The van der Waals surface area contributed by atoms with E-state index < -0.39 is 6.10 Å². The topological polar surface area (TPSA) is 79.0 Å². The summed E-state index contributed by atoms with van der Waals surface area (Å²) in [5.74, 6) is -0.0605. The number of rotatable bonds is 3. The van der Waals surface area contributed by atoms with Gasteiger partial charge < -0.3 is 19.9 Å². The maximum absolute atomic E-state index is 13.4. The fraction of sp³-hybridized carbons (Fsp3) is 0.348. The summed E-state index contributed by atoms with van der Waals surface area (Å²) in [4.78, 5) is 41.7. The minimum absolute atomic E-state index is 0.0387. The number of hydrogen-bond acceptors (Lipinski definition) is 4. The summed E-state index contributed by atoms with van der Waals surface area (Å²) in [5.41, 5.74) is 1.26. The number of fused-ring (bicyclic) bond motifs is 1. The molecule has 0 bridgehead atoms. The first-order valence-electron chi connectivity index (χ1n) is 10.3. The summed E-state index contributed by atoms with van der Waals surface area (Å²) in [5, 5.41) is 3.17. The molecule has 2 heterocycles. The van der Waals surface area contributed by atoms with Gasteiger partial charge in [0, 0.05) is 36.6 Å². The molecule has 1 N–H and O–H groups in total. The van der Waals surface area contributed by atoms with Crippen LogP contribution in [0.3, 0.4) is 0 Å². The Kier molecular flexibility index (Phi) is 6.13. The SMILES string of the molecule is CNC(=O)C1CN(C(=O)C2CCN(C(=O)c3ccc(Cl)cc3)CC2)c2ccccc2O1. The molecule has 8 heteroatoms. The molecule has 0 aliphatic carbocycles. The number of amides is 3. The standard InChI is InChI=1S/C23H24ClN3O4/c1-25-21(28)20-14-27(18-4-2-3-5-19(18)31-20)23(30)16-10-12-26(13-11-16)22(29)15-6-8-17(24)9-7-15/h2-9,16,20H,10-14H2,1H3,(H,25,28). The smallest absolute Gasteiger partial charge is 0.262 e. The third kappa shape index (κ3) is 4.37. The predicted molar refractivity (Wildman–Crippen MR) is 117 cm³/mol. The highest BCUT2D eigenvalue weighted by Gasteiger charge is 2.37. The number of hydrogen-bond donors (Lipinski definition) is 1. The Morgan fingerprint density at radius 2 is 1.71 bits per heavy atom. The number of likely N-dealkylation sites (N-methyl/N-ethyl adjacent to an activating group) is 1. The molecular weight excluding hydrogens is 418 g/mol. The molecule has 2 aliphatic heterocycles. The Morgan fingerprint density at radius 1 is 1.03 bits per heavy atom. The van der Waals surface area contributed by atoms with Crippen molar-refractivity contribution in [1.82, 2.24) is 10.2 Å². The summed E-state index contributed by atoms with van der Waals surface area (Å²) >= 11 is 5.90. The predicted octanol–water partition coefficient (Wildman–Crippen LogP) is 2.73. The van der Waals surface area contributed by atoms with Crippen LogP contribution in [0.4, 0.5) is 5.69 Å². The van der Waals surface area contributed by atoms with Gasteiger partial charge in [-0.3, -0.25) is 14.4 Å². The highest BCUT2D eigenvalue weighted by Crippen LogP contribution is 2.35. The number of anilines is 1. The zero-order valence-corrected chi connectivity index (χ0v) is 18.0. The fourth-order valence-electron chi connectivity index (χ4n) is 4.07. The van der Waals surface area contributed by atoms with Gasteiger partial charge in [0.05, 0.1) is 12.2 Å². The molecule has 31 heavy (non-hydrogen) atoms. The van der Waals surface area contributed by atoms with Crippen molar-refractivity contribution in [1.29, 1.82) is 0 Å². The first kappa shape index (κ1) is 21.2. The lowest BCUT2D eigenvalue weighted by atomic mass is 9.94. The molecule has 0 spiro atoms. The number of likely N-dealkylation sites (tertiary alicyclic amines) is 1. The highest BCUT2D eigenvalue weighted by atomic mass is 35.5. The van der Waals surface area contributed by atoms with Crippen LogP contribution in [0.15, 0.2) is 48.5 Å². The third-order valence-electron chi connectivity index (χ3n) is 5.80. The van der Waals surface area contributed by atoms with E-state index in [1.165, 1.54) is 0 Å². The maximum Gasteiger partial charge on any atom is 0.262 e. The number of ether oxygens (including phenoxy) is 1. The molecule has 162 valence electrons. The lowest BCUT2D eigenvalue weighted by Gasteiger charge is -2.38. The van der Waals surface area contributed by atoms with Crippen molar-refractivity contribution in [3.63, 3.8) is 0 Å². The van der Waals surface area contributed by atoms with Crippen molar-refractivity contribution in [2.75, 3.05) is 31.6 Å². The summed E-state index contributed by atoms with van der Waals surface area (Å²) < 4.78 is 5.79. The highest BCUT2D eigenvalue weighted by molar-refractivity contribution is 6.30. The van der Waals surface area contributed by atoms with Crippen molar-refractivity contribution < 1.29 is 19.1 Å². The number of nitrogens with zero attached hydrogens (tertiary/aromatic N) is 2. The minimum atomic E-state index is -0.754. The molecule has 1 unspecified atom stereocenters. The molecular formula is C23H24ClN3O4. The first-order valence-corrected chi connectivity index (χ1v) is 10.7. The van der Waals surface area contributed by atoms with Crippen molar-refractivity contribution in [2.45, 2.75) is 18.9 Å². The largest absolute Gasteiger partial charge is 0.477 e. The van der Waals surface area contributed by atoms with Crippen molar-refractivity contribution >= 4 is 35.0 Å². The Hall–Kier alpha value is -3.06. The van der Waals surface area contributed by atoms with E-state index in [0.29, 0.717) is 48.0 Å². The van der Waals surface area contributed by atoms with Crippen LogP contribution in [-0.2, 0) is 9.59 Å². The van der Waals surface area contributed by atoms with Gasteiger partial charge in [0.2, 0.25) is 5.91 Å². The number of carbonyl (C=O) groups excluding carboxylic acids is 3. The molecule has 2 aliphatic rings. The molecule has 0 aromatic heterocycles. The van der Waals surface area contributed by atoms with Gasteiger partial charge in [-0.05, 0) is 49.2 Å². The Morgan fingerprint density at radius 3 is 2.39 bits per heavy atom. The molecule has 2 aromatic carbocycles. The second kappa shape index (κ2) is 8.98. The van der Waals surface area contributed by atoms with E-state index in [4.69, 9.17) is 16.3 Å². The van der Waals surface area contributed by atoms with Crippen LogP contribution in [0.1, 0.15) is 23.2 Å². The Bertz CT molecular complexity index is 987. The molecule has 1 fully saturated rings. The number of halogens is 1. The molecule has 2 aromatic rings. The average Bonchev–Trinajstić information content (AvgIpc) is 2.82. The van der Waals surface area contributed by atoms with Crippen molar-refractivity contribution in [3.05, 3.63) is 59.1 Å². The molecule has 1 atom stereocenters. The summed E-state index contributed by atoms with van der Waals surface area (Å²) in [7, 11) is 1.55. The second-order valence-electron chi connectivity index (χ2n) is 7.71. The number of nitrogens with one attached hydrogen (secondary N) is 1. The summed E-state index contributed by atoms with van der Waals surface area (Å²) in [6, 6.07) is 14.1.